The minimum atomic E-state index is -1.22. The van der Waals surface area contributed by atoms with Crippen LogP contribution in [0.25, 0.3) is 0 Å². The molecule has 0 aromatic rings. The fraction of sp³-hybridized carbons (Fsp3) is 0.917. The molecule has 2 heteroatoms. The lowest BCUT2D eigenvalue weighted by molar-refractivity contribution is -0.112. The fourth-order valence-electron chi connectivity index (χ4n) is 2.54. The first kappa shape index (κ1) is 11.7. The van der Waals surface area contributed by atoms with Crippen LogP contribution in [-0.4, -0.2) is 12.5 Å². The number of rotatable bonds is 5. The fourth-order valence-corrected chi connectivity index (χ4v) is 2.54. The highest BCUT2D eigenvalue weighted by molar-refractivity contribution is 5.55. The SMILES string of the molecule is CCCC1CCC(CC(F)C=O)CC1. The molecule has 0 saturated heterocycles. The molecule has 0 N–H and O–H groups in total. The lowest BCUT2D eigenvalue weighted by atomic mass is 9.78. The van der Waals surface area contributed by atoms with Crippen LogP contribution in [0, 0.1) is 11.8 Å². The second kappa shape index (κ2) is 6.15. The molecule has 1 atom stereocenters. The molecule has 1 fully saturated rings. The summed E-state index contributed by atoms with van der Waals surface area (Å²) >= 11 is 0. The zero-order valence-electron chi connectivity index (χ0n) is 9.05. The van der Waals surface area contributed by atoms with Gasteiger partial charge in [0, 0.05) is 0 Å². The maximum Gasteiger partial charge on any atom is 0.155 e. The van der Waals surface area contributed by atoms with Crippen molar-refractivity contribution in [2.45, 2.75) is 58.0 Å². The maximum atomic E-state index is 12.8. The van der Waals surface area contributed by atoms with Crippen LogP contribution < -0.4 is 0 Å². The van der Waals surface area contributed by atoms with E-state index < -0.39 is 6.17 Å². The number of alkyl halides is 1. The smallest absolute Gasteiger partial charge is 0.155 e. The van der Waals surface area contributed by atoms with E-state index in [2.05, 4.69) is 6.92 Å². The molecule has 1 aliphatic rings. The van der Waals surface area contributed by atoms with Crippen LogP contribution in [0.15, 0.2) is 0 Å². The normalized spacial score (nSPS) is 29.9. The van der Waals surface area contributed by atoms with Crippen LogP contribution in [0.5, 0.6) is 0 Å². The zero-order valence-corrected chi connectivity index (χ0v) is 9.05. The van der Waals surface area contributed by atoms with Gasteiger partial charge in [-0.3, -0.25) is 0 Å². The van der Waals surface area contributed by atoms with Crippen molar-refractivity contribution in [2.24, 2.45) is 11.8 Å². The van der Waals surface area contributed by atoms with E-state index in [1.54, 1.807) is 0 Å². The summed E-state index contributed by atoms with van der Waals surface area (Å²) in [6.45, 7) is 2.22. The number of aldehydes is 1. The molecule has 82 valence electrons. The van der Waals surface area contributed by atoms with Gasteiger partial charge in [0.25, 0.3) is 0 Å². The van der Waals surface area contributed by atoms with Crippen LogP contribution in [0.1, 0.15) is 51.9 Å². The van der Waals surface area contributed by atoms with Gasteiger partial charge >= 0.3 is 0 Å². The Balaban J connectivity index is 2.18. The Morgan fingerprint density at radius 1 is 1.29 bits per heavy atom. The quantitative estimate of drug-likeness (QED) is 0.620. The van der Waals surface area contributed by atoms with Crippen molar-refractivity contribution in [1.29, 1.82) is 0 Å². The summed E-state index contributed by atoms with van der Waals surface area (Å²) in [5.41, 5.74) is 0. The van der Waals surface area contributed by atoms with Gasteiger partial charge in [0.15, 0.2) is 12.5 Å². The highest BCUT2D eigenvalue weighted by atomic mass is 19.1. The monoisotopic (exact) mass is 200 g/mol. The zero-order chi connectivity index (χ0) is 10.4. The highest BCUT2D eigenvalue weighted by Crippen LogP contribution is 2.33. The number of hydrogen-bond donors (Lipinski definition) is 0. The minimum Gasteiger partial charge on any atom is -0.300 e. The molecule has 0 amide bonds. The summed E-state index contributed by atoms with van der Waals surface area (Å²) in [6, 6.07) is 0. The molecule has 1 aliphatic carbocycles. The molecule has 0 aromatic heterocycles. The second-order valence-electron chi connectivity index (χ2n) is 4.56. The van der Waals surface area contributed by atoms with Crippen molar-refractivity contribution in [2.75, 3.05) is 0 Å². The predicted octanol–water partition coefficient (Wildman–Crippen LogP) is 3.52. The average molecular weight is 200 g/mol. The van der Waals surface area contributed by atoms with Crippen molar-refractivity contribution in [3.8, 4) is 0 Å². The van der Waals surface area contributed by atoms with Gasteiger partial charge in [-0.25, -0.2) is 4.39 Å². The third-order valence-electron chi connectivity index (χ3n) is 3.37. The second-order valence-corrected chi connectivity index (χ2v) is 4.56. The van der Waals surface area contributed by atoms with Gasteiger partial charge in [0.2, 0.25) is 0 Å². The lowest BCUT2D eigenvalue weighted by Crippen LogP contribution is -2.18. The third-order valence-corrected chi connectivity index (χ3v) is 3.37. The molecule has 0 spiro atoms. The van der Waals surface area contributed by atoms with E-state index in [4.69, 9.17) is 0 Å². The molecule has 0 aromatic carbocycles. The van der Waals surface area contributed by atoms with Crippen molar-refractivity contribution in [1.82, 2.24) is 0 Å². The van der Waals surface area contributed by atoms with Gasteiger partial charge in [-0.1, -0.05) is 45.4 Å². The van der Waals surface area contributed by atoms with E-state index in [-0.39, 0.29) is 0 Å². The number of halogens is 1. The number of carbonyl (C=O) groups excluding carboxylic acids is 1. The number of hydrogen-bond acceptors (Lipinski definition) is 1. The van der Waals surface area contributed by atoms with E-state index in [1.807, 2.05) is 0 Å². The molecule has 1 saturated carbocycles. The van der Waals surface area contributed by atoms with Gasteiger partial charge in [0.1, 0.15) is 0 Å². The van der Waals surface area contributed by atoms with E-state index in [0.717, 1.165) is 18.8 Å². The van der Waals surface area contributed by atoms with E-state index in [9.17, 15) is 9.18 Å². The van der Waals surface area contributed by atoms with E-state index >= 15 is 0 Å². The Morgan fingerprint density at radius 2 is 1.86 bits per heavy atom. The summed E-state index contributed by atoms with van der Waals surface area (Å²) in [7, 11) is 0. The summed E-state index contributed by atoms with van der Waals surface area (Å²) in [5.74, 6) is 1.33. The standard InChI is InChI=1S/C12H21FO/c1-2-3-10-4-6-11(7-5-10)8-12(13)9-14/h9-12H,2-8H2,1H3. The van der Waals surface area contributed by atoms with Crippen LogP contribution in [0.2, 0.25) is 0 Å². The van der Waals surface area contributed by atoms with Crippen LogP contribution in [-0.2, 0) is 4.79 Å². The maximum absolute atomic E-state index is 12.8. The van der Waals surface area contributed by atoms with Crippen molar-refractivity contribution < 1.29 is 9.18 Å². The molecule has 0 heterocycles. The molecule has 0 bridgehead atoms. The van der Waals surface area contributed by atoms with Crippen molar-refractivity contribution >= 4 is 6.29 Å². The Labute approximate surface area is 86.1 Å². The molecule has 0 radical (unpaired) electrons. The van der Waals surface area contributed by atoms with Gasteiger partial charge in [-0.15, -0.1) is 0 Å². The van der Waals surface area contributed by atoms with Crippen molar-refractivity contribution in [3.05, 3.63) is 0 Å². The van der Waals surface area contributed by atoms with Crippen LogP contribution in [0.3, 0.4) is 0 Å². The Bertz CT molecular complexity index is 162. The summed E-state index contributed by atoms with van der Waals surface area (Å²) in [5, 5.41) is 0. The summed E-state index contributed by atoms with van der Waals surface area (Å²) in [4.78, 5) is 10.2. The Hall–Kier alpha value is -0.400. The predicted molar refractivity (Wildman–Crippen MR) is 55.9 cm³/mol. The Kier molecular flexibility index (Phi) is 5.13. The molecule has 0 aliphatic heterocycles. The molecule has 1 rings (SSSR count). The Morgan fingerprint density at radius 3 is 2.36 bits per heavy atom. The van der Waals surface area contributed by atoms with Crippen LogP contribution >= 0.6 is 0 Å². The molecule has 1 nitrogen and oxygen atoms in total. The first-order valence-corrected chi connectivity index (χ1v) is 5.85. The van der Waals surface area contributed by atoms with E-state index in [1.165, 1.54) is 25.7 Å². The first-order chi connectivity index (χ1) is 6.76. The first-order valence-electron chi connectivity index (χ1n) is 5.85. The molecule has 1 unspecified atom stereocenters. The largest absolute Gasteiger partial charge is 0.300 e. The minimum absolute atomic E-state index is 0.443. The van der Waals surface area contributed by atoms with Gasteiger partial charge in [-0.2, -0.15) is 0 Å². The average Bonchev–Trinajstić information content (AvgIpc) is 2.21. The van der Waals surface area contributed by atoms with Crippen molar-refractivity contribution in [3.63, 3.8) is 0 Å². The molecular formula is C12H21FO. The number of carbonyl (C=O) groups is 1. The summed E-state index contributed by atoms with van der Waals surface area (Å²) < 4.78 is 12.8. The summed E-state index contributed by atoms with van der Waals surface area (Å²) in [6.07, 6.45) is 6.99. The van der Waals surface area contributed by atoms with E-state index in [0.29, 0.717) is 18.6 Å². The van der Waals surface area contributed by atoms with Crippen LogP contribution in [0.4, 0.5) is 4.39 Å². The molecular weight excluding hydrogens is 179 g/mol. The highest BCUT2D eigenvalue weighted by Gasteiger charge is 2.22. The molecule has 14 heavy (non-hydrogen) atoms. The van der Waals surface area contributed by atoms with Gasteiger partial charge in [0.05, 0.1) is 0 Å². The topological polar surface area (TPSA) is 17.1 Å². The van der Waals surface area contributed by atoms with Gasteiger partial charge in [-0.05, 0) is 18.3 Å². The lowest BCUT2D eigenvalue weighted by Gasteiger charge is -2.28. The third kappa shape index (κ3) is 3.77. The van der Waals surface area contributed by atoms with Gasteiger partial charge < -0.3 is 4.79 Å².